The molecule has 3 rings (SSSR count). The molecule has 2 aromatic carbocycles. The summed E-state index contributed by atoms with van der Waals surface area (Å²) in [6.07, 6.45) is 1.29. The van der Waals surface area contributed by atoms with Gasteiger partial charge >= 0.3 is 0 Å². The predicted octanol–water partition coefficient (Wildman–Crippen LogP) is 3.89. The van der Waals surface area contributed by atoms with Crippen LogP contribution in [0.25, 0.3) is 0 Å². The molecule has 0 bridgehead atoms. The minimum Gasteiger partial charge on any atom is -0.383 e. The number of hydrogen-bond donors (Lipinski definition) is 2. The fourth-order valence-electron chi connectivity index (χ4n) is 3.50. The lowest BCUT2D eigenvalue weighted by Crippen LogP contribution is -2.47. The molecule has 1 heterocycles. The summed E-state index contributed by atoms with van der Waals surface area (Å²) in [5, 5.41) is 12.0. The molecule has 2 N–H and O–H groups in total. The molecule has 5 nitrogen and oxygen atoms in total. The third kappa shape index (κ3) is 4.53. The second-order valence-corrected chi connectivity index (χ2v) is 9.58. The van der Waals surface area contributed by atoms with Gasteiger partial charge in [-0.3, -0.25) is 0 Å². The molecular formula is C20H23Cl2NO4S. The minimum atomic E-state index is -3.94. The van der Waals surface area contributed by atoms with Crippen molar-refractivity contribution in [2.24, 2.45) is 5.92 Å². The monoisotopic (exact) mass is 443 g/mol. The molecule has 0 amide bonds. The van der Waals surface area contributed by atoms with Crippen molar-refractivity contribution in [1.82, 2.24) is 4.72 Å². The normalized spacial score (nSPS) is 18.0. The first kappa shape index (κ1) is 21.6. The summed E-state index contributed by atoms with van der Waals surface area (Å²) in [7, 11) is -3.94. The lowest BCUT2D eigenvalue weighted by Gasteiger charge is -2.39. The van der Waals surface area contributed by atoms with Crippen molar-refractivity contribution in [2.45, 2.75) is 30.3 Å². The first-order valence-corrected chi connectivity index (χ1v) is 11.3. The highest BCUT2D eigenvalue weighted by atomic mass is 35.5. The van der Waals surface area contributed by atoms with E-state index in [1.165, 1.54) is 12.1 Å². The van der Waals surface area contributed by atoms with Gasteiger partial charge in [-0.15, -0.1) is 0 Å². The first-order chi connectivity index (χ1) is 13.2. The van der Waals surface area contributed by atoms with E-state index in [1.807, 2.05) is 30.3 Å². The number of halogens is 2. The summed E-state index contributed by atoms with van der Waals surface area (Å²) in [4.78, 5) is -0.0570. The summed E-state index contributed by atoms with van der Waals surface area (Å²) < 4.78 is 33.8. The number of nitrogens with one attached hydrogen (secondary N) is 1. The van der Waals surface area contributed by atoms with Crippen LogP contribution in [0.3, 0.4) is 0 Å². The molecule has 8 heteroatoms. The molecule has 152 valence electrons. The highest BCUT2D eigenvalue weighted by Gasteiger charge is 2.40. The fraction of sp³-hybridized carbons (Fsp3) is 0.400. The molecular weight excluding hydrogens is 421 g/mol. The maximum Gasteiger partial charge on any atom is 0.242 e. The molecule has 2 aromatic rings. The Bertz CT molecular complexity index is 931. The molecule has 1 atom stereocenters. The maximum atomic E-state index is 12.9. The number of sulfonamides is 1. The third-order valence-electron chi connectivity index (χ3n) is 5.20. The number of rotatable bonds is 6. The molecule has 0 spiro atoms. The van der Waals surface area contributed by atoms with Gasteiger partial charge < -0.3 is 9.84 Å². The number of hydrogen-bond acceptors (Lipinski definition) is 4. The lowest BCUT2D eigenvalue weighted by molar-refractivity contribution is -0.0663. The Hall–Kier alpha value is -1.15. The van der Waals surface area contributed by atoms with Crippen molar-refractivity contribution >= 4 is 33.2 Å². The van der Waals surface area contributed by atoms with Gasteiger partial charge in [0.2, 0.25) is 10.0 Å². The van der Waals surface area contributed by atoms with Gasteiger partial charge in [-0.2, -0.15) is 0 Å². The van der Waals surface area contributed by atoms with E-state index >= 15 is 0 Å². The van der Waals surface area contributed by atoms with Crippen LogP contribution in [0.4, 0.5) is 0 Å². The smallest absolute Gasteiger partial charge is 0.242 e. The van der Waals surface area contributed by atoms with Crippen molar-refractivity contribution in [3.63, 3.8) is 0 Å². The van der Waals surface area contributed by atoms with Crippen molar-refractivity contribution in [1.29, 1.82) is 0 Å². The van der Waals surface area contributed by atoms with Crippen LogP contribution >= 0.6 is 23.2 Å². The molecule has 1 saturated heterocycles. The van der Waals surface area contributed by atoms with Gasteiger partial charge in [-0.05, 0) is 48.9 Å². The number of ether oxygens (including phenoxy) is 1. The molecule has 0 aliphatic carbocycles. The van der Waals surface area contributed by atoms with Gasteiger partial charge in [-0.25, -0.2) is 13.1 Å². The Morgan fingerprint density at radius 3 is 2.43 bits per heavy atom. The zero-order valence-electron chi connectivity index (χ0n) is 15.5. The highest BCUT2D eigenvalue weighted by Crippen LogP contribution is 2.36. The van der Waals surface area contributed by atoms with E-state index in [0.717, 1.165) is 0 Å². The van der Waals surface area contributed by atoms with Gasteiger partial charge in [0.25, 0.3) is 0 Å². The minimum absolute atomic E-state index is 0.0393. The van der Waals surface area contributed by atoms with Gasteiger partial charge in [0.05, 0.1) is 5.02 Å². The quantitative estimate of drug-likeness (QED) is 0.709. The van der Waals surface area contributed by atoms with E-state index in [4.69, 9.17) is 27.9 Å². The van der Waals surface area contributed by atoms with Gasteiger partial charge in [0, 0.05) is 24.8 Å². The van der Waals surface area contributed by atoms with Crippen LogP contribution in [0, 0.1) is 12.8 Å². The first-order valence-electron chi connectivity index (χ1n) is 9.05. The van der Waals surface area contributed by atoms with E-state index in [9.17, 15) is 13.5 Å². The molecule has 0 unspecified atom stereocenters. The van der Waals surface area contributed by atoms with E-state index in [1.54, 1.807) is 6.92 Å². The number of benzene rings is 2. The summed E-state index contributed by atoms with van der Waals surface area (Å²) >= 11 is 12.1. The zero-order valence-corrected chi connectivity index (χ0v) is 17.8. The van der Waals surface area contributed by atoms with Crippen molar-refractivity contribution in [3.05, 3.63) is 63.6 Å². The largest absolute Gasteiger partial charge is 0.383 e. The van der Waals surface area contributed by atoms with Crippen molar-refractivity contribution in [2.75, 3.05) is 19.8 Å². The summed E-state index contributed by atoms with van der Waals surface area (Å²) in [5.74, 6) is -0.131. The molecule has 1 aliphatic heterocycles. The van der Waals surface area contributed by atoms with Gasteiger partial charge in [0.15, 0.2) is 0 Å². The average Bonchev–Trinajstić information content (AvgIpc) is 2.70. The van der Waals surface area contributed by atoms with Crippen molar-refractivity contribution in [3.8, 4) is 0 Å². The van der Waals surface area contributed by atoms with Crippen molar-refractivity contribution < 1.29 is 18.3 Å². The molecule has 28 heavy (non-hydrogen) atoms. The Morgan fingerprint density at radius 2 is 1.79 bits per heavy atom. The Labute approximate surface area is 175 Å². The van der Waals surface area contributed by atoms with Crippen LogP contribution in [-0.4, -0.2) is 33.3 Å². The van der Waals surface area contributed by atoms with Crippen LogP contribution in [0.1, 0.15) is 24.0 Å². The van der Waals surface area contributed by atoms with E-state index in [0.29, 0.717) is 42.2 Å². The van der Waals surface area contributed by atoms with Gasteiger partial charge in [-0.1, -0.05) is 53.5 Å². The van der Waals surface area contributed by atoms with Crippen LogP contribution in [0.15, 0.2) is 47.4 Å². The Morgan fingerprint density at radius 1 is 1.14 bits per heavy atom. The SMILES string of the molecule is Cc1cc(S(=O)(=O)NC[C@@](O)(c2ccccc2)C2CCOCC2)c(Cl)cc1Cl. The van der Waals surface area contributed by atoms with E-state index in [2.05, 4.69) is 4.72 Å². The fourth-order valence-corrected chi connectivity index (χ4v) is 5.40. The second kappa shape index (κ2) is 8.69. The second-order valence-electron chi connectivity index (χ2n) is 7.03. The number of aryl methyl sites for hydroxylation is 1. The number of aliphatic hydroxyl groups is 1. The van der Waals surface area contributed by atoms with Crippen LogP contribution < -0.4 is 4.72 Å². The predicted molar refractivity (Wildman–Crippen MR) is 110 cm³/mol. The van der Waals surface area contributed by atoms with E-state index < -0.39 is 15.6 Å². The standard InChI is InChI=1S/C20H23Cl2NO4S/c1-14-11-19(18(22)12-17(14)21)28(25,26)23-13-20(24,15-5-3-2-4-6-15)16-7-9-27-10-8-16/h2-6,11-12,16,23-24H,7-10,13H2,1H3/t20-/m1/s1. The van der Waals surface area contributed by atoms with Gasteiger partial charge in [0.1, 0.15) is 10.5 Å². The molecule has 0 radical (unpaired) electrons. The molecule has 1 aliphatic rings. The lowest BCUT2D eigenvalue weighted by atomic mass is 9.77. The topological polar surface area (TPSA) is 75.6 Å². The summed E-state index contributed by atoms with van der Waals surface area (Å²) in [6.45, 7) is 2.62. The Kier molecular flexibility index (Phi) is 6.69. The third-order valence-corrected chi connectivity index (χ3v) is 7.48. The summed E-state index contributed by atoms with van der Waals surface area (Å²) in [5.41, 5.74) is -0.0799. The average molecular weight is 444 g/mol. The van der Waals surface area contributed by atoms with Crippen LogP contribution in [0.5, 0.6) is 0 Å². The van der Waals surface area contributed by atoms with Crippen LogP contribution in [-0.2, 0) is 20.4 Å². The highest BCUT2D eigenvalue weighted by molar-refractivity contribution is 7.89. The maximum absolute atomic E-state index is 12.9. The van der Waals surface area contributed by atoms with Crippen LogP contribution in [0.2, 0.25) is 10.0 Å². The van der Waals surface area contributed by atoms with E-state index in [-0.39, 0.29) is 22.4 Å². The zero-order chi connectivity index (χ0) is 20.4. The Balaban J connectivity index is 1.90. The molecule has 1 fully saturated rings. The molecule has 0 saturated carbocycles. The molecule has 0 aromatic heterocycles. The summed E-state index contributed by atoms with van der Waals surface area (Å²) in [6, 6.07) is 12.0.